The van der Waals surface area contributed by atoms with Crippen LogP contribution in [0, 0.1) is 17.2 Å². The first-order valence-corrected chi connectivity index (χ1v) is 10.7. The predicted octanol–water partition coefficient (Wildman–Crippen LogP) is 1.66. The number of imidazole rings is 1. The van der Waals surface area contributed by atoms with Gasteiger partial charge in [-0.3, -0.25) is 9.59 Å². The van der Waals surface area contributed by atoms with E-state index in [2.05, 4.69) is 15.3 Å². The third-order valence-corrected chi connectivity index (χ3v) is 6.50. The van der Waals surface area contributed by atoms with E-state index in [0.29, 0.717) is 36.7 Å². The average Bonchev–Trinajstić information content (AvgIpc) is 3.45. The second kappa shape index (κ2) is 8.78. The monoisotopic (exact) mass is 448 g/mol. The molecule has 4 rings (SSSR count). The fourth-order valence-corrected chi connectivity index (χ4v) is 5.11. The maximum atomic E-state index is 13.1. The molecule has 10 nitrogen and oxygen atoms in total. The van der Waals surface area contributed by atoms with Crippen LogP contribution in [0.5, 0.6) is 0 Å². The van der Waals surface area contributed by atoms with Crippen LogP contribution >= 0.6 is 0 Å². The van der Waals surface area contributed by atoms with E-state index in [1.807, 2.05) is 16.7 Å². The fourth-order valence-electron chi connectivity index (χ4n) is 5.11. The number of nitrogens with zero attached hydrogens (tertiary/aromatic N) is 3. The Balaban J connectivity index is 1.95. The molecule has 1 saturated carbocycles. The Morgan fingerprint density at radius 1 is 1.36 bits per heavy atom. The summed E-state index contributed by atoms with van der Waals surface area (Å²) in [6, 6.07) is 7.26. The van der Waals surface area contributed by atoms with E-state index < -0.39 is 29.1 Å². The molecule has 10 heteroatoms. The highest BCUT2D eigenvalue weighted by molar-refractivity contribution is 6.06. The Bertz CT molecular complexity index is 1260. The standard InChI is InChI=1S/C23H24N6O4/c24-8-9-27-20(30)16-6-1-2-7-23(16,22(25)33)17-15-5-3-4-14(12-29-11-10-26-13-29)18(15)28-19(17)21(31)32/h3-5,10-11,13,16,28H,1-2,6-7,9,12H2,(H2,25,33)(H,27,30)(H,31,32)/t16-,23-/m0/s1. The molecule has 33 heavy (non-hydrogen) atoms. The summed E-state index contributed by atoms with van der Waals surface area (Å²) in [5.74, 6) is -3.35. The van der Waals surface area contributed by atoms with Crippen LogP contribution < -0.4 is 11.1 Å². The van der Waals surface area contributed by atoms with Gasteiger partial charge in [0.25, 0.3) is 0 Å². The maximum Gasteiger partial charge on any atom is 0.352 e. The molecule has 2 amide bonds. The Morgan fingerprint density at radius 2 is 2.18 bits per heavy atom. The summed E-state index contributed by atoms with van der Waals surface area (Å²) in [6.07, 6.45) is 7.01. The summed E-state index contributed by atoms with van der Waals surface area (Å²) < 4.78 is 1.85. The van der Waals surface area contributed by atoms with E-state index in [4.69, 9.17) is 11.0 Å². The van der Waals surface area contributed by atoms with Crippen molar-refractivity contribution in [2.24, 2.45) is 11.7 Å². The molecule has 0 spiro atoms. The van der Waals surface area contributed by atoms with Crippen molar-refractivity contribution in [3.8, 4) is 6.07 Å². The lowest BCUT2D eigenvalue weighted by Crippen LogP contribution is -2.54. The van der Waals surface area contributed by atoms with Crippen LogP contribution in [-0.4, -0.2) is 44.0 Å². The number of aromatic nitrogens is 3. The van der Waals surface area contributed by atoms with Crippen molar-refractivity contribution in [1.82, 2.24) is 19.9 Å². The van der Waals surface area contributed by atoms with Gasteiger partial charge in [0, 0.05) is 23.3 Å². The van der Waals surface area contributed by atoms with Crippen molar-refractivity contribution < 1.29 is 19.5 Å². The van der Waals surface area contributed by atoms with Gasteiger partial charge in [0.1, 0.15) is 12.2 Å². The molecular weight excluding hydrogens is 424 g/mol. The number of primary amides is 1. The molecule has 3 aromatic rings. The number of carbonyl (C=O) groups is 3. The number of carbonyl (C=O) groups excluding carboxylic acids is 2. The van der Waals surface area contributed by atoms with Crippen molar-refractivity contribution in [1.29, 1.82) is 5.26 Å². The zero-order valence-electron chi connectivity index (χ0n) is 17.9. The van der Waals surface area contributed by atoms with Crippen LogP contribution in [0.1, 0.15) is 47.3 Å². The number of hydrogen-bond donors (Lipinski definition) is 4. The molecule has 5 N–H and O–H groups in total. The Morgan fingerprint density at radius 3 is 2.85 bits per heavy atom. The highest BCUT2D eigenvalue weighted by Gasteiger charge is 2.53. The zero-order chi connectivity index (χ0) is 23.6. The van der Waals surface area contributed by atoms with Gasteiger partial charge in [-0.05, 0) is 18.4 Å². The number of amides is 2. The minimum absolute atomic E-state index is 0.151. The number of hydrogen-bond acceptors (Lipinski definition) is 5. The SMILES string of the molecule is N#CCNC(=O)[C@@H]1CCCC[C@@]1(C(N)=O)c1c(C(=O)O)[nH]c2c(Cn3ccnc3)cccc12. The summed E-state index contributed by atoms with van der Waals surface area (Å²) >= 11 is 0. The van der Waals surface area contributed by atoms with Gasteiger partial charge in [0.2, 0.25) is 11.8 Å². The van der Waals surface area contributed by atoms with Gasteiger partial charge < -0.3 is 25.7 Å². The molecule has 2 heterocycles. The van der Waals surface area contributed by atoms with E-state index in [9.17, 15) is 19.5 Å². The van der Waals surface area contributed by atoms with Crippen molar-refractivity contribution in [3.63, 3.8) is 0 Å². The molecule has 1 aliphatic rings. The van der Waals surface area contributed by atoms with Gasteiger partial charge in [0.05, 0.1) is 35.8 Å². The number of nitriles is 1. The zero-order valence-corrected chi connectivity index (χ0v) is 17.9. The highest BCUT2D eigenvalue weighted by Crippen LogP contribution is 2.48. The summed E-state index contributed by atoms with van der Waals surface area (Å²) in [5, 5.41) is 22.0. The van der Waals surface area contributed by atoms with Crippen LogP contribution in [-0.2, 0) is 21.5 Å². The summed E-state index contributed by atoms with van der Waals surface area (Å²) in [6.45, 7) is 0.227. The molecule has 170 valence electrons. The lowest BCUT2D eigenvalue weighted by atomic mass is 9.60. The molecule has 1 fully saturated rings. The first kappa shape index (κ1) is 22.1. The number of carboxylic acid groups (broad SMARTS) is 1. The average molecular weight is 448 g/mol. The highest BCUT2D eigenvalue weighted by atomic mass is 16.4. The molecule has 2 atom stereocenters. The molecule has 2 aromatic heterocycles. The summed E-state index contributed by atoms with van der Waals surface area (Å²) in [7, 11) is 0. The normalized spacial score (nSPS) is 20.3. The lowest BCUT2D eigenvalue weighted by Gasteiger charge is -2.41. The second-order valence-corrected chi connectivity index (χ2v) is 8.26. The number of para-hydroxylation sites is 1. The lowest BCUT2D eigenvalue weighted by molar-refractivity contribution is -0.137. The number of carboxylic acids is 1. The van der Waals surface area contributed by atoms with Crippen LogP contribution in [0.3, 0.4) is 0 Å². The minimum Gasteiger partial charge on any atom is -0.477 e. The molecule has 0 saturated heterocycles. The number of fused-ring (bicyclic) bond motifs is 1. The Kier molecular flexibility index (Phi) is 5.87. The first-order valence-electron chi connectivity index (χ1n) is 10.7. The second-order valence-electron chi connectivity index (χ2n) is 8.26. The van der Waals surface area contributed by atoms with E-state index in [-0.39, 0.29) is 24.2 Å². The molecule has 1 aromatic carbocycles. The van der Waals surface area contributed by atoms with E-state index in [1.54, 1.807) is 30.9 Å². The molecule has 0 bridgehead atoms. The van der Waals surface area contributed by atoms with Crippen molar-refractivity contribution in [3.05, 3.63) is 53.7 Å². The number of H-pyrrole nitrogens is 1. The smallest absolute Gasteiger partial charge is 0.352 e. The molecule has 0 unspecified atom stereocenters. The number of nitrogens with one attached hydrogen (secondary N) is 2. The number of benzene rings is 1. The molecule has 0 aliphatic heterocycles. The van der Waals surface area contributed by atoms with Gasteiger partial charge in [-0.1, -0.05) is 31.0 Å². The number of aromatic carboxylic acids is 1. The van der Waals surface area contributed by atoms with Crippen molar-refractivity contribution in [2.45, 2.75) is 37.6 Å². The van der Waals surface area contributed by atoms with E-state index in [1.165, 1.54) is 0 Å². The van der Waals surface area contributed by atoms with Gasteiger partial charge in [-0.15, -0.1) is 0 Å². The first-order chi connectivity index (χ1) is 15.9. The van der Waals surface area contributed by atoms with Crippen molar-refractivity contribution in [2.75, 3.05) is 6.54 Å². The number of aromatic amines is 1. The Hall–Kier alpha value is -4.13. The minimum atomic E-state index is -1.52. The molecule has 0 radical (unpaired) electrons. The molecule has 1 aliphatic carbocycles. The van der Waals surface area contributed by atoms with E-state index in [0.717, 1.165) is 5.56 Å². The number of rotatable bonds is 7. The quantitative estimate of drug-likeness (QED) is 0.401. The third kappa shape index (κ3) is 3.71. The van der Waals surface area contributed by atoms with Gasteiger partial charge in [-0.25, -0.2) is 9.78 Å². The number of nitrogens with two attached hydrogens (primary N) is 1. The Labute approximate surface area is 189 Å². The van der Waals surface area contributed by atoms with Gasteiger partial charge in [-0.2, -0.15) is 5.26 Å². The van der Waals surface area contributed by atoms with Crippen LogP contribution in [0.4, 0.5) is 0 Å². The fraction of sp³-hybridized carbons (Fsp3) is 0.348. The van der Waals surface area contributed by atoms with Crippen molar-refractivity contribution >= 4 is 28.7 Å². The largest absolute Gasteiger partial charge is 0.477 e. The predicted molar refractivity (Wildman–Crippen MR) is 118 cm³/mol. The third-order valence-electron chi connectivity index (χ3n) is 6.50. The molecular formula is C23H24N6O4. The van der Waals surface area contributed by atoms with Crippen LogP contribution in [0.2, 0.25) is 0 Å². The summed E-state index contributed by atoms with van der Waals surface area (Å²) in [5.41, 5.74) is 5.90. The van der Waals surface area contributed by atoms with Crippen LogP contribution in [0.15, 0.2) is 36.9 Å². The topological polar surface area (TPSA) is 167 Å². The van der Waals surface area contributed by atoms with Crippen LogP contribution in [0.25, 0.3) is 10.9 Å². The van der Waals surface area contributed by atoms with Gasteiger partial charge >= 0.3 is 5.97 Å². The maximum absolute atomic E-state index is 13.1. The summed E-state index contributed by atoms with van der Waals surface area (Å²) in [4.78, 5) is 45.5. The van der Waals surface area contributed by atoms with E-state index >= 15 is 0 Å². The van der Waals surface area contributed by atoms with Gasteiger partial charge in [0.15, 0.2) is 0 Å².